The van der Waals surface area contributed by atoms with Gasteiger partial charge >= 0.3 is 0 Å². The molecule has 0 spiro atoms. The minimum Gasteiger partial charge on any atom is -0.497 e. The van der Waals surface area contributed by atoms with Crippen molar-refractivity contribution in [3.05, 3.63) is 95.3 Å². The maximum absolute atomic E-state index is 12.0. The van der Waals surface area contributed by atoms with Crippen molar-refractivity contribution in [3.63, 3.8) is 0 Å². The zero-order valence-electron chi connectivity index (χ0n) is 14.2. The van der Waals surface area contributed by atoms with Gasteiger partial charge in [-0.15, -0.1) is 0 Å². The molecule has 1 aromatic heterocycles. The number of rotatable bonds is 3. The average Bonchev–Trinajstić information content (AvgIpc) is 2.69. The highest BCUT2D eigenvalue weighted by molar-refractivity contribution is 5.48. The smallest absolute Gasteiger partial charge is 0.138 e. The van der Waals surface area contributed by atoms with E-state index < -0.39 is 5.60 Å². The van der Waals surface area contributed by atoms with Crippen LogP contribution in [0.15, 0.2) is 72.9 Å². The number of hydrogen-bond acceptors (Lipinski definition) is 3. The van der Waals surface area contributed by atoms with E-state index in [4.69, 9.17) is 4.74 Å². The second-order valence-corrected chi connectivity index (χ2v) is 6.51. The molecule has 1 aliphatic rings. The highest BCUT2D eigenvalue weighted by Gasteiger charge is 2.46. The number of hydrogen-bond donors (Lipinski definition) is 1. The maximum atomic E-state index is 12.0. The summed E-state index contributed by atoms with van der Waals surface area (Å²) >= 11 is 0. The first kappa shape index (κ1) is 15.9. The third-order valence-electron chi connectivity index (χ3n) is 5.19. The molecule has 0 aliphatic heterocycles. The average molecular weight is 331 g/mol. The lowest BCUT2D eigenvalue weighted by atomic mass is 9.67. The van der Waals surface area contributed by atoms with E-state index in [1.54, 1.807) is 13.3 Å². The van der Waals surface area contributed by atoms with Crippen LogP contribution in [0.4, 0.5) is 0 Å². The molecule has 0 saturated carbocycles. The Labute approximate surface area is 147 Å². The molecule has 1 N–H and O–H groups in total. The van der Waals surface area contributed by atoms with Crippen molar-refractivity contribution in [1.82, 2.24) is 4.98 Å². The molecule has 0 fully saturated rings. The minimum atomic E-state index is -1.15. The molecule has 126 valence electrons. The van der Waals surface area contributed by atoms with E-state index in [9.17, 15) is 5.11 Å². The third-order valence-corrected chi connectivity index (χ3v) is 5.19. The quantitative estimate of drug-likeness (QED) is 0.787. The second-order valence-electron chi connectivity index (χ2n) is 6.51. The van der Waals surface area contributed by atoms with Crippen molar-refractivity contribution in [1.29, 1.82) is 0 Å². The first-order chi connectivity index (χ1) is 12.2. The summed E-state index contributed by atoms with van der Waals surface area (Å²) in [7, 11) is 1.67. The van der Waals surface area contributed by atoms with Gasteiger partial charge in [-0.2, -0.15) is 0 Å². The van der Waals surface area contributed by atoms with E-state index in [1.807, 2.05) is 54.6 Å². The summed E-state index contributed by atoms with van der Waals surface area (Å²) in [5, 5.41) is 12.0. The van der Waals surface area contributed by atoms with Crippen LogP contribution in [-0.4, -0.2) is 17.2 Å². The Morgan fingerprint density at radius 2 is 1.84 bits per heavy atom. The summed E-state index contributed by atoms with van der Waals surface area (Å²) in [5.41, 5.74) is 2.72. The molecule has 3 nitrogen and oxygen atoms in total. The number of nitrogens with zero attached hydrogens (tertiary/aromatic N) is 1. The van der Waals surface area contributed by atoms with Crippen LogP contribution in [0.25, 0.3) is 0 Å². The SMILES string of the molecule is COc1ccc2c(c1)CCC(c1ccccc1)C2(O)c1ccccn1. The topological polar surface area (TPSA) is 42.4 Å². The largest absolute Gasteiger partial charge is 0.497 e. The Morgan fingerprint density at radius 3 is 2.56 bits per heavy atom. The summed E-state index contributed by atoms with van der Waals surface area (Å²) in [6, 6.07) is 21.9. The normalized spacial score (nSPS) is 22.2. The van der Waals surface area contributed by atoms with Gasteiger partial charge in [0, 0.05) is 12.1 Å². The van der Waals surface area contributed by atoms with Crippen LogP contribution in [0.3, 0.4) is 0 Å². The van der Waals surface area contributed by atoms with E-state index in [-0.39, 0.29) is 5.92 Å². The van der Waals surface area contributed by atoms with Gasteiger partial charge in [0.05, 0.1) is 12.8 Å². The molecule has 1 aliphatic carbocycles. The molecule has 0 bridgehead atoms. The highest BCUT2D eigenvalue weighted by Crippen LogP contribution is 2.49. The molecular weight excluding hydrogens is 310 g/mol. The number of fused-ring (bicyclic) bond motifs is 1. The Hall–Kier alpha value is -2.65. The standard InChI is InChI=1S/C22H21NO2/c1-25-18-11-13-20-17(15-18)10-12-19(16-7-3-2-4-8-16)22(20,24)21-9-5-6-14-23-21/h2-9,11,13-15,19,24H,10,12H2,1H3. The molecule has 2 aromatic carbocycles. The second kappa shape index (κ2) is 6.34. The molecule has 0 radical (unpaired) electrons. The molecule has 3 aromatic rings. The Morgan fingerprint density at radius 1 is 1.04 bits per heavy atom. The van der Waals surface area contributed by atoms with Crippen LogP contribution in [0.5, 0.6) is 5.75 Å². The molecular formula is C22H21NO2. The van der Waals surface area contributed by atoms with Crippen molar-refractivity contribution in [2.24, 2.45) is 0 Å². The van der Waals surface area contributed by atoms with Crippen molar-refractivity contribution in [2.75, 3.05) is 7.11 Å². The van der Waals surface area contributed by atoms with Gasteiger partial charge in [0.15, 0.2) is 0 Å². The number of pyridine rings is 1. The zero-order chi connectivity index (χ0) is 17.3. The third kappa shape index (κ3) is 2.61. The molecule has 2 unspecified atom stereocenters. The number of benzene rings is 2. The van der Waals surface area contributed by atoms with Crippen LogP contribution < -0.4 is 4.74 Å². The monoisotopic (exact) mass is 331 g/mol. The number of ether oxygens (including phenoxy) is 1. The Balaban J connectivity index is 1.92. The Bertz CT molecular complexity index is 864. The fourth-order valence-corrected chi connectivity index (χ4v) is 3.97. The summed E-state index contributed by atoms with van der Waals surface area (Å²) in [6.07, 6.45) is 3.51. The van der Waals surface area contributed by atoms with Crippen molar-refractivity contribution < 1.29 is 9.84 Å². The van der Waals surface area contributed by atoms with Gasteiger partial charge in [-0.05, 0) is 53.8 Å². The van der Waals surface area contributed by atoms with Crippen LogP contribution in [-0.2, 0) is 12.0 Å². The van der Waals surface area contributed by atoms with Gasteiger partial charge in [0.2, 0.25) is 0 Å². The van der Waals surface area contributed by atoms with Crippen LogP contribution in [0, 0.1) is 0 Å². The van der Waals surface area contributed by atoms with E-state index in [0.717, 1.165) is 35.3 Å². The predicted molar refractivity (Wildman–Crippen MR) is 97.7 cm³/mol. The van der Waals surface area contributed by atoms with E-state index in [0.29, 0.717) is 5.69 Å². The number of aliphatic hydroxyl groups is 1. The van der Waals surface area contributed by atoms with E-state index in [1.165, 1.54) is 0 Å². The van der Waals surface area contributed by atoms with Crippen molar-refractivity contribution in [3.8, 4) is 5.75 Å². The van der Waals surface area contributed by atoms with Gasteiger partial charge in [0.1, 0.15) is 11.4 Å². The molecule has 1 heterocycles. The molecule has 2 atom stereocenters. The maximum Gasteiger partial charge on any atom is 0.138 e. The van der Waals surface area contributed by atoms with Crippen molar-refractivity contribution >= 4 is 0 Å². The van der Waals surface area contributed by atoms with Gasteiger partial charge in [0.25, 0.3) is 0 Å². The van der Waals surface area contributed by atoms with Crippen molar-refractivity contribution in [2.45, 2.75) is 24.4 Å². The van der Waals surface area contributed by atoms with Gasteiger partial charge < -0.3 is 9.84 Å². The fraction of sp³-hybridized carbons (Fsp3) is 0.227. The van der Waals surface area contributed by atoms with E-state index in [2.05, 4.69) is 17.1 Å². The lowest BCUT2D eigenvalue weighted by molar-refractivity contribution is 0.0341. The lowest BCUT2D eigenvalue weighted by Crippen LogP contribution is -2.40. The van der Waals surface area contributed by atoms with Crippen LogP contribution in [0.2, 0.25) is 0 Å². The summed E-state index contributed by atoms with van der Waals surface area (Å²) in [5.74, 6) is 0.782. The van der Waals surface area contributed by atoms with E-state index >= 15 is 0 Å². The summed E-state index contributed by atoms with van der Waals surface area (Å²) < 4.78 is 5.37. The van der Waals surface area contributed by atoms with Crippen LogP contribution in [0.1, 0.15) is 34.7 Å². The number of methoxy groups -OCH3 is 1. The first-order valence-electron chi connectivity index (χ1n) is 8.59. The molecule has 0 saturated heterocycles. The predicted octanol–water partition coefficient (Wildman–Crippen LogP) is 4.06. The first-order valence-corrected chi connectivity index (χ1v) is 8.59. The number of aromatic nitrogens is 1. The van der Waals surface area contributed by atoms with Gasteiger partial charge in [-0.25, -0.2) is 0 Å². The van der Waals surface area contributed by atoms with Gasteiger partial charge in [-0.1, -0.05) is 42.5 Å². The van der Waals surface area contributed by atoms with Crippen LogP contribution >= 0.6 is 0 Å². The fourth-order valence-electron chi connectivity index (χ4n) is 3.97. The van der Waals surface area contributed by atoms with Gasteiger partial charge in [-0.3, -0.25) is 4.98 Å². The minimum absolute atomic E-state index is 0.0375. The highest BCUT2D eigenvalue weighted by atomic mass is 16.5. The molecule has 4 rings (SSSR count). The summed E-state index contributed by atoms with van der Waals surface area (Å²) in [4.78, 5) is 4.51. The molecule has 25 heavy (non-hydrogen) atoms. The Kier molecular flexibility index (Phi) is 4.02. The lowest BCUT2D eigenvalue weighted by Gasteiger charge is -2.41. The zero-order valence-corrected chi connectivity index (χ0v) is 14.2. The summed E-state index contributed by atoms with van der Waals surface area (Å²) in [6.45, 7) is 0. The molecule has 0 amide bonds. The molecule has 3 heteroatoms. The number of aryl methyl sites for hydroxylation is 1.